The van der Waals surface area contributed by atoms with Gasteiger partial charge in [-0.2, -0.15) is 0 Å². The van der Waals surface area contributed by atoms with Crippen LogP contribution in [0.4, 0.5) is 17.3 Å². The molecule has 3 N–H and O–H groups in total. The van der Waals surface area contributed by atoms with Crippen LogP contribution in [0.1, 0.15) is 25.6 Å². The van der Waals surface area contributed by atoms with Crippen LogP contribution in [0.2, 0.25) is 0 Å². The van der Waals surface area contributed by atoms with Crippen molar-refractivity contribution in [2.24, 2.45) is 0 Å². The SMILES string of the molecule is C[C@H]1CCN(c2cc(-c3ccccc3O)nnc2N)CCN1c1ccnc(C#CCN2CC3CC(C2)O3)n1. The summed E-state index contributed by atoms with van der Waals surface area (Å²) >= 11 is 0. The molecule has 38 heavy (non-hydrogen) atoms. The largest absolute Gasteiger partial charge is 0.507 e. The number of para-hydroxylation sites is 1. The summed E-state index contributed by atoms with van der Waals surface area (Å²) in [5, 5.41) is 18.7. The van der Waals surface area contributed by atoms with Crippen LogP contribution >= 0.6 is 0 Å². The number of morpholine rings is 1. The van der Waals surface area contributed by atoms with Crippen LogP contribution in [0, 0.1) is 11.8 Å². The van der Waals surface area contributed by atoms with E-state index in [1.54, 1.807) is 18.3 Å². The number of hydrogen-bond donors (Lipinski definition) is 2. The number of nitrogens with two attached hydrogens (primary N) is 1. The highest BCUT2D eigenvalue weighted by Crippen LogP contribution is 2.32. The summed E-state index contributed by atoms with van der Waals surface area (Å²) in [6.07, 6.45) is 4.65. The third-order valence-electron chi connectivity index (χ3n) is 7.55. The quantitative estimate of drug-likeness (QED) is 0.504. The Morgan fingerprint density at radius 3 is 2.74 bits per heavy atom. The van der Waals surface area contributed by atoms with Crippen molar-refractivity contribution in [3.05, 3.63) is 48.4 Å². The van der Waals surface area contributed by atoms with Gasteiger partial charge in [0.05, 0.1) is 30.1 Å². The number of phenolic OH excluding ortho intramolecular Hbond substituents is 1. The Balaban J connectivity index is 1.15. The number of aromatic hydroxyl groups is 1. The van der Waals surface area contributed by atoms with Crippen LogP contribution in [0.15, 0.2) is 42.6 Å². The van der Waals surface area contributed by atoms with Crippen molar-refractivity contribution in [2.45, 2.75) is 38.0 Å². The number of piperidine rings is 1. The Hall–Kier alpha value is -3.94. The zero-order valence-corrected chi connectivity index (χ0v) is 21.5. The van der Waals surface area contributed by atoms with Crippen LogP contribution in [-0.4, -0.2) is 87.7 Å². The van der Waals surface area contributed by atoms with Gasteiger partial charge in [-0.15, -0.1) is 10.2 Å². The number of nitrogen functional groups attached to an aromatic ring is 1. The maximum atomic E-state index is 10.3. The topological polar surface area (TPSA) is 117 Å². The average Bonchev–Trinajstić information content (AvgIpc) is 3.11. The molecule has 4 aliphatic rings. The minimum Gasteiger partial charge on any atom is -0.507 e. The minimum atomic E-state index is 0.164. The molecule has 1 aromatic carbocycles. The predicted octanol–water partition coefficient (Wildman–Crippen LogP) is 2.15. The van der Waals surface area contributed by atoms with E-state index in [1.807, 2.05) is 24.3 Å². The zero-order chi connectivity index (χ0) is 26.1. The number of benzene rings is 1. The van der Waals surface area contributed by atoms with Gasteiger partial charge in [0.2, 0.25) is 5.82 Å². The Kier molecular flexibility index (Phi) is 6.70. The molecule has 10 heteroatoms. The third-order valence-corrected chi connectivity index (χ3v) is 7.55. The molecule has 2 aromatic heterocycles. The van der Waals surface area contributed by atoms with Gasteiger partial charge in [0.1, 0.15) is 11.6 Å². The number of fused-ring (bicyclic) bond motifs is 2. The maximum Gasteiger partial charge on any atom is 0.206 e. The Morgan fingerprint density at radius 1 is 1.11 bits per heavy atom. The predicted molar refractivity (Wildman–Crippen MR) is 146 cm³/mol. The summed E-state index contributed by atoms with van der Waals surface area (Å²) < 4.78 is 5.70. The molecule has 4 aliphatic heterocycles. The molecule has 0 radical (unpaired) electrons. The molecule has 4 fully saturated rings. The van der Waals surface area contributed by atoms with Crippen molar-refractivity contribution in [1.82, 2.24) is 25.1 Å². The van der Waals surface area contributed by atoms with Crippen molar-refractivity contribution in [3.63, 3.8) is 0 Å². The normalized spacial score (nSPS) is 23.2. The first-order chi connectivity index (χ1) is 18.5. The highest BCUT2D eigenvalue weighted by atomic mass is 16.5. The monoisotopic (exact) mass is 512 g/mol. The number of phenols is 1. The molecule has 10 nitrogen and oxygen atoms in total. The first kappa shape index (κ1) is 24.4. The molecular formula is C28H32N8O2. The molecule has 0 amide bonds. The number of rotatable bonds is 4. The molecule has 2 bridgehead atoms. The Labute approximate surface area is 222 Å². The summed E-state index contributed by atoms with van der Waals surface area (Å²) in [4.78, 5) is 16.0. The smallest absolute Gasteiger partial charge is 0.206 e. The Morgan fingerprint density at radius 2 is 1.92 bits per heavy atom. The van der Waals surface area contributed by atoms with Gasteiger partial charge >= 0.3 is 0 Å². The Bertz CT molecular complexity index is 1360. The van der Waals surface area contributed by atoms with Crippen molar-refractivity contribution in [2.75, 3.05) is 54.8 Å². The van der Waals surface area contributed by atoms with Crippen LogP contribution in [-0.2, 0) is 4.74 Å². The maximum absolute atomic E-state index is 10.3. The average molecular weight is 513 g/mol. The lowest BCUT2D eigenvalue weighted by Gasteiger charge is -2.46. The van der Waals surface area contributed by atoms with E-state index in [4.69, 9.17) is 15.5 Å². The van der Waals surface area contributed by atoms with E-state index in [2.05, 4.69) is 48.6 Å². The van der Waals surface area contributed by atoms with Gasteiger partial charge in [0, 0.05) is 56.9 Å². The zero-order valence-electron chi connectivity index (χ0n) is 21.5. The van der Waals surface area contributed by atoms with Gasteiger partial charge in [-0.25, -0.2) is 9.97 Å². The molecule has 0 spiro atoms. The molecule has 0 saturated carbocycles. The molecule has 2 unspecified atom stereocenters. The number of hydrogen-bond acceptors (Lipinski definition) is 10. The molecule has 196 valence electrons. The fourth-order valence-corrected chi connectivity index (χ4v) is 5.48. The van der Waals surface area contributed by atoms with Crippen molar-refractivity contribution in [1.29, 1.82) is 0 Å². The lowest BCUT2D eigenvalue weighted by atomic mass is 9.99. The second-order valence-electron chi connectivity index (χ2n) is 10.2. The van der Waals surface area contributed by atoms with Gasteiger partial charge in [-0.3, -0.25) is 4.90 Å². The number of aromatic nitrogens is 4. The highest BCUT2D eigenvalue weighted by Gasteiger charge is 2.37. The molecule has 4 saturated heterocycles. The highest BCUT2D eigenvalue weighted by molar-refractivity contribution is 5.74. The standard InChI is InChI=1S/C28H32N8O2/c1-19-9-12-35(24-16-23(32-33-28(24)29)22-5-2-3-6-25(22)37)13-14-36(19)27-8-10-30-26(31-27)7-4-11-34-17-20-15-21(18-34)38-20/h2-3,5-6,8,10,16,19-21,37H,9,11-15,17-18H2,1H3,(H2,29,33)/t19-,20?,21?/m0/s1. The molecule has 7 rings (SSSR count). The van der Waals surface area contributed by atoms with Crippen LogP contribution in [0.3, 0.4) is 0 Å². The van der Waals surface area contributed by atoms with E-state index in [-0.39, 0.29) is 11.8 Å². The van der Waals surface area contributed by atoms with Crippen molar-refractivity contribution >= 4 is 17.3 Å². The van der Waals surface area contributed by atoms with Crippen LogP contribution in [0.25, 0.3) is 11.3 Å². The van der Waals surface area contributed by atoms with Crippen LogP contribution in [0.5, 0.6) is 5.75 Å². The van der Waals surface area contributed by atoms with Gasteiger partial charge in [0.25, 0.3) is 0 Å². The first-order valence-corrected chi connectivity index (χ1v) is 13.2. The van der Waals surface area contributed by atoms with E-state index < -0.39 is 0 Å². The van der Waals surface area contributed by atoms with Crippen molar-refractivity contribution < 1.29 is 9.84 Å². The fraction of sp³-hybridized carbons (Fsp3) is 0.429. The van der Waals surface area contributed by atoms with Gasteiger partial charge < -0.3 is 25.4 Å². The van der Waals surface area contributed by atoms with E-state index in [9.17, 15) is 5.11 Å². The number of nitrogens with zero attached hydrogens (tertiary/aromatic N) is 7. The molecule has 3 aromatic rings. The lowest BCUT2D eigenvalue weighted by molar-refractivity contribution is -0.178. The second kappa shape index (κ2) is 10.4. The van der Waals surface area contributed by atoms with Gasteiger partial charge in [-0.1, -0.05) is 18.1 Å². The van der Waals surface area contributed by atoms with E-state index in [1.165, 1.54) is 6.42 Å². The summed E-state index contributed by atoms with van der Waals surface area (Å²) in [7, 11) is 0. The van der Waals surface area contributed by atoms with E-state index >= 15 is 0 Å². The second-order valence-corrected chi connectivity index (χ2v) is 10.2. The van der Waals surface area contributed by atoms with Gasteiger partial charge in [0.15, 0.2) is 5.82 Å². The third kappa shape index (κ3) is 5.08. The summed E-state index contributed by atoms with van der Waals surface area (Å²) in [6, 6.07) is 11.2. The molecular weight excluding hydrogens is 480 g/mol. The summed E-state index contributed by atoms with van der Waals surface area (Å²) in [6.45, 7) is 7.15. The van der Waals surface area contributed by atoms with E-state index in [0.29, 0.717) is 41.7 Å². The van der Waals surface area contributed by atoms with Crippen molar-refractivity contribution in [3.8, 4) is 28.8 Å². The summed E-state index contributed by atoms with van der Waals surface area (Å²) in [5.74, 6) is 8.37. The molecule has 0 aliphatic carbocycles. The lowest BCUT2D eigenvalue weighted by Crippen LogP contribution is -2.57. The number of anilines is 3. The van der Waals surface area contributed by atoms with E-state index in [0.717, 1.165) is 50.6 Å². The number of ether oxygens (including phenoxy) is 1. The minimum absolute atomic E-state index is 0.164. The molecule has 6 heterocycles. The van der Waals surface area contributed by atoms with Gasteiger partial charge in [-0.05, 0) is 43.5 Å². The first-order valence-electron chi connectivity index (χ1n) is 13.2. The summed E-state index contributed by atoms with van der Waals surface area (Å²) in [5.41, 5.74) is 8.30. The van der Waals surface area contributed by atoms with Crippen LogP contribution < -0.4 is 15.5 Å². The fourth-order valence-electron chi connectivity index (χ4n) is 5.48. The molecule has 3 atom stereocenters.